The predicted octanol–water partition coefficient (Wildman–Crippen LogP) is 1.38. The summed E-state index contributed by atoms with van der Waals surface area (Å²) in [6.07, 6.45) is 4.06. The lowest BCUT2D eigenvalue weighted by Gasteiger charge is -2.24. The Morgan fingerprint density at radius 1 is 1.40 bits per heavy atom. The maximum Gasteiger partial charge on any atom is 0.0246 e. The molecule has 3 nitrogen and oxygen atoms in total. The molecule has 0 fully saturated rings. The van der Waals surface area contributed by atoms with Crippen LogP contribution in [0.15, 0.2) is 23.4 Å². The third-order valence-electron chi connectivity index (χ3n) is 2.43. The van der Waals surface area contributed by atoms with Crippen LogP contribution in [-0.2, 0) is 0 Å². The largest absolute Gasteiger partial charge is 0.402 e. The molecule has 4 N–H and O–H groups in total. The molecule has 0 atom stereocenters. The van der Waals surface area contributed by atoms with Gasteiger partial charge in [-0.25, -0.2) is 0 Å². The monoisotopic (exact) mass is 211 g/mol. The van der Waals surface area contributed by atoms with E-state index in [4.69, 9.17) is 5.73 Å². The molecule has 0 radical (unpaired) electrons. The number of nitrogens with one attached hydrogen (secondary N) is 2. The van der Waals surface area contributed by atoms with Crippen molar-refractivity contribution in [3.05, 3.63) is 23.4 Å². The zero-order valence-corrected chi connectivity index (χ0v) is 10.6. The summed E-state index contributed by atoms with van der Waals surface area (Å²) >= 11 is 0. The molecule has 0 aliphatic carbocycles. The fourth-order valence-corrected chi connectivity index (χ4v) is 1.13. The average molecular weight is 211 g/mol. The summed E-state index contributed by atoms with van der Waals surface area (Å²) in [5.41, 5.74) is 7.93. The Labute approximate surface area is 93.8 Å². The highest BCUT2D eigenvalue weighted by atomic mass is 15.0. The Morgan fingerprint density at radius 2 is 2.00 bits per heavy atom. The van der Waals surface area contributed by atoms with E-state index in [-0.39, 0.29) is 5.54 Å². The quantitative estimate of drug-likeness (QED) is 0.582. The molecule has 0 rings (SSSR count). The van der Waals surface area contributed by atoms with Crippen LogP contribution in [0.4, 0.5) is 0 Å². The second kappa shape index (κ2) is 6.64. The molecule has 0 aromatic rings. The number of likely N-dealkylation sites (N-methyl/N-ethyl adjacent to an activating group) is 1. The van der Waals surface area contributed by atoms with Crippen LogP contribution in [0.3, 0.4) is 0 Å². The molecule has 15 heavy (non-hydrogen) atoms. The molecule has 0 saturated heterocycles. The lowest BCUT2D eigenvalue weighted by molar-refractivity contribution is 0.400. The zero-order chi connectivity index (χ0) is 11.9. The van der Waals surface area contributed by atoms with E-state index in [0.29, 0.717) is 0 Å². The maximum atomic E-state index is 5.78. The third kappa shape index (κ3) is 6.31. The van der Waals surface area contributed by atoms with Gasteiger partial charge in [0.05, 0.1) is 0 Å². The second-order valence-electron chi connectivity index (χ2n) is 4.45. The SMILES string of the molecule is C/C=C\C(CNCC(C)(C)NC)=C(/C)N. The van der Waals surface area contributed by atoms with E-state index in [1.165, 1.54) is 0 Å². The summed E-state index contributed by atoms with van der Waals surface area (Å²) in [7, 11) is 1.97. The van der Waals surface area contributed by atoms with Gasteiger partial charge in [-0.3, -0.25) is 0 Å². The number of nitrogens with two attached hydrogens (primary N) is 1. The van der Waals surface area contributed by atoms with Gasteiger partial charge in [-0.05, 0) is 40.3 Å². The van der Waals surface area contributed by atoms with Crippen molar-refractivity contribution in [3.63, 3.8) is 0 Å². The molecule has 0 aliphatic rings. The molecule has 0 aliphatic heterocycles. The van der Waals surface area contributed by atoms with Crippen LogP contribution in [-0.4, -0.2) is 25.7 Å². The van der Waals surface area contributed by atoms with Gasteiger partial charge in [0.1, 0.15) is 0 Å². The van der Waals surface area contributed by atoms with Crippen LogP contribution in [0.5, 0.6) is 0 Å². The summed E-state index contributed by atoms with van der Waals surface area (Å²) < 4.78 is 0. The van der Waals surface area contributed by atoms with Crippen LogP contribution in [0.2, 0.25) is 0 Å². The van der Waals surface area contributed by atoms with Gasteiger partial charge in [0.25, 0.3) is 0 Å². The molecule has 0 amide bonds. The Balaban J connectivity index is 4.10. The van der Waals surface area contributed by atoms with Crippen molar-refractivity contribution in [2.24, 2.45) is 5.73 Å². The van der Waals surface area contributed by atoms with E-state index in [1.807, 2.05) is 27.0 Å². The molecule has 0 bridgehead atoms. The molecule has 88 valence electrons. The van der Waals surface area contributed by atoms with E-state index in [0.717, 1.165) is 24.4 Å². The normalized spacial score (nSPS) is 14.5. The first-order chi connectivity index (χ1) is 6.93. The van der Waals surface area contributed by atoms with E-state index in [2.05, 4.69) is 30.6 Å². The van der Waals surface area contributed by atoms with Gasteiger partial charge in [-0.2, -0.15) is 0 Å². The van der Waals surface area contributed by atoms with E-state index in [9.17, 15) is 0 Å². The van der Waals surface area contributed by atoms with Crippen molar-refractivity contribution in [1.29, 1.82) is 0 Å². The van der Waals surface area contributed by atoms with Crippen LogP contribution in [0.1, 0.15) is 27.7 Å². The van der Waals surface area contributed by atoms with Crippen molar-refractivity contribution in [2.75, 3.05) is 20.1 Å². The average Bonchev–Trinajstić information content (AvgIpc) is 2.16. The van der Waals surface area contributed by atoms with Crippen molar-refractivity contribution in [2.45, 2.75) is 33.2 Å². The van der Waals surface area contributed by atoms with Crippen molar-refractivity contribution in [3.8, 4) is 0 Å². The minimum absolute atomic E-state index is 0.115. The smallest absolute Gasteiger partial charge is 0.0246 e. The molecule has 0 saturated carbocycles. The molecule has 0 spiro atoms. The molecule has 0 unspecified atom stereocenters. The van der Waals surface area contributed by atoms with Crippen molar-refractivity contribution < 1.29 is 0 Å². The predicted molar refractivity (Wildman–Crippen MR) is 67.7 cm³/mol. The number of rotatable bonds is 6. The van der Waals surface area contributed by atoms with Crippen LogP contribution >= 0.6 is 0 Å². The minimum Gasteiger partial charge on any atom is -0.402 e. The van der Waals surface area contributed by atoms with E-state index in [1.54, 1.807) is 0 Å². The van der Waals surface area contributed by atoms with Gasteiger partial charge < -0.3 is 16.4 Å². The zero-order valence-electron chi connectivity index (χ0n) is 10.6. The summed E-state index contributed by atoms with van der Waals surface area (Å²) in [6.45, 7) is 9.99. The van der Waals surface area contributed by atoms with Gasteiger partial charge in [-0.1, -0.05) is 12.2 Å². The topological polar surface area (TPSA) is 50.1 Å². The first kappa shape index (κ1) is 14.2. The highest BCUT2D eigenvalue weighted by molar-refractivity contribution is 5.23. The van der Waals surface area contributed by atoms with Gasteiger partial charge >= 0.3 is 0 Å². The summed E-state index contributed by atoms with van der Waals surface area (Å²) in [5.74, 6) is 0. The first-order valence-corrected chi connectivity index (χ1v) is 5.40. The second-order valence-corrected chi connectivity index (χ2v) is 4.45. The van der Waals surface area contributed by atoms with Crippen molar-refractivity contribution >= 4 is 0 Å². The summed E-state index contributed by atoms with van der Waals surface area (Å²) in [6, 6.07) is 0. The molecule has 3 heteroatoms. The van der Waals surface area contributed by atoms with Gasteiger partial charge in [0, 0.05) is 24.3 Å². The lowest BCUT2D eigenvalue weighted by atomic mass is 10.1. The van der Waals surface area contributed by atoms with Gasteiger partial charge in [-0.15, -0.1) is 0 Å². The van der Waals surface area contributed by atoms with Crippen LogP contribution < -0.4 is 16.4 Å². The van der Waals surface area contributed by atoms with Crippen molar-refractivity contribution in [1.82, 2.24) is 10.6 Å². The molecule has 0 aromatic carbocycles. The molecular weight excluding hydrogens is 186 g/mol. The maximum absolute atomic E-state index is 5.78. The Morgan fingerprint density at radius 3 is 2.40 bits per heavy atom. The van der Waals surface area contributed by atoms with Gasteiger partial charge in [0.15, 0.2) is 0 Å². The highest BCUT2D eigenvalue weighted by Gasteiger charge is 2.13. The molecule has 0 heterocycles. The number of hydrogen-bond donors (Lipinski definition) is 3. The fourth-order valence-electron chi connectivity index (χ4n) is 1.13. The van der Waals surface area contributed by atoms with Gasteiger partial charge in [0.2, 0.25) is 0 Å². The number of allylic oxidation sites excluding steroid dienone is 2. The highest BCUT2D eigenvalue weighted by Crippen LogP contribution is 2.02. The summed E-state index contributed by atoms with van der Waals surface area (Å²) in [4.78, 5) is 0. The summed E-state index contributed by atoms with van der Waals surface area (Å²) in [5, 5.41) is 6.64. The molecular formula is C12H25N3. The Bertz CT molecular complexity index is 235. The van der Waals surface area contributed by atoms with Crippen LogP contribution in [0, 0.1) is 0 Å². The first-order valence-electron chi connectivity index (χ1n) is 5.40. The molecule has 0 aromatic heterocycles. The third-order valence-corrected chi connectivity index (χ3v) is 2.43. The minimum atomic E-state index is 0.115. The number of hydrogen-bond acceptors (Lipinski definition) is 3. The standard InChI is InChI=1S/C12H25N3/c1-6-7-11(10(2)13)8-15-9-12(3,4)14-5/h6-7,14-15H,8-9,13H2,1-5H3/b7-6-,11-10-. The van der Waals surface area contributed by atoms with Crippen LogP contribution in [0.25, 0.3) is 0 Å². The van der Waals surface area contributed by atoms with E-state index >= 15 is 0 Å². The lowest BCUT2D eigenvalue weighted by Crippen LogP contribution is -2.46. The Hall–Kier alpha value is -0.800. The Kier molecular flexibility index (Phi) is 6.29. The van der Waals surface area contributed by atoms with E-state index < -0.39 is 0 Å². The fraction of sp³-hybridized carbons (Fsp3) is 0.667.